The van der Waals surface area contributed by atoms with Gasteiger partial charge in [-0.1, -0.05) is 29.8 Å². The van der Waals surface area contributed by atoms with Crippen LogP contribution >= 0.6 is 11.6 Å². The number of fused-ring (bicyclic) bond motifs is 1. The molecule has 1 saturated heterocycles. The molecule has 4 rings (SSSR count). The zero-order valence-corrected chi connectivity index (χ0v) is 16.5. The molecule has 28 heavy (non-hydrogen) atoms. The first-order valence-electron chi connectivity index (χ1n) is 9.38. The molecule has 1 aromatic heterocycles. The molecule has 0 aliphatic carbocycles. The van der Waals surface area contributed by atoms with Crippen molar-refractivity contribution >= 4 is 34.1 Å². The zero-order valence-electron chi connectivity index (χ0n) is 15.8. The topological polar surface area (TPSA) is 45.7 Å². The highest BCUT2D eigenvalue weighted by molar-refractivity contribution is 6.35. The van der Waals surface area contributed by atoms with E-state index in [1.54, 1.807) is 18.3 Å². The van der Waals surface area contributed by atoms with E-state index in [-0.39, 0.29) is 12.5 Å². The van der Waals surface area contributed by atoms with Gasteiger partial charge >= 0.3 is 0 Å². The number of rotatable bonds is 4. The van der Waals surface area contributed by atoms with Gasteiger partial charge in [-0.3, -0.25) is 9.78 Å². The van der Waals surface area contributed by atoms with Gasteiger partial charge in [-0.2, -0.15) is 0 Å². The maximum absolute atomic E-state index is 12.6. The lowest BCUT2D eigenvalue weighted by Gasteiger charge is -2.36. The van der Waals surface area contributed by atoms with Crippen molar-refractivity contribution in [1.82, 2.24) is 9.88 Å². The Labute approximate surface area is 169 Å². The first-order chi connectivity index (χ1) is 13.6. The Morgan fingerprint density at radius 3 is 2.64 bits per heavy atom. The quantitative estimate of drug-likeness (QED) is 0.671. The van der Waals surface area contributed by atoms with E-state index in [4.69, 9.17) is 16.3 Å². The zero-order chi connectivity index (χ0) is 19.5. The van der Waals surface area contributed by atoms with Crippen LogP contribution in [0.25, 0.3) is 10.9 Å². The fourth-order valence-electron chi connectivity index (χ4n) is 3.57. The summed E-state index contributed by atoms with van der Waals surface area (Å²) in [6.45, 7) is 5.14. The molecule has 0 atom stereocenters. The molecule has 144 valence electrons. The van der Waals surface area contributed by atoms with Crippen LogP contribution in [0.5, 0.6) is 5.75 Å². The number of aromatic nitrogens is 1. The number of anilines is 1. The number of benzene rings is 2. The van der Waals surface area contributed by atoms with E-state index in [0.717, 1.165) is 18.5 Å². The summed E-state index contributed by atoms with van der Waals surface area (Å²) in [4.78, 5) is 21.2. The fraction of sp³-hybridized carbons (Fsp3) is 0.273. The predicted octanol–water partition coefficient (Wildman–Crippen LogP) is 3.92. The maximum atomic E-state index is 12.6. The Morgan fingerprint density at radius 2 is 1.86 bits per heavy atom. The van der Waals surface area contributed by atoms with Crippen molar-refractivity contribution in [2.75, 3.05) is 37.7 Å². The molecule has 5 nitrogen and oxygen atoms in total. The number of pyridine rings is 1. The molecule has 0 bridgehead atoms. The molecular formula is C22H22ClN3O2. The van der Waals surface area contributed by atoms with Gasteiger partial charge in [0, 0.05) is 43.4 Å². The summed E-state index contributed by atoms with van der Waals surface area (Å²) in [7, 11) is 0. The van der Waals surface area contributed by atoms with E-state index < -0.39 is 0 Å². The minimum absolute atomic E-state index is 0.00231. The summed E-state index contributed by atoms with van der Waals surface area (Å²) < 4.78 is 5.79. The number of amides is 1. The summed E-state index contributed by atoms with van der Waals surface area (Å²) in [5.41, 5.74) is 3.17. The van der Waals surface area contributed by atoms with Crippen LogP contribution in [-0.4, -0.2) is 48.6 Å². The maximum Gasteiger partial charge on any atom is 0.260 e. The van der Waals surface area contributed by atoms with Gasteiger partial charge in [-0.25, -0.2) is 0 Å². The van der Waals surface area contributed by atoms with Crippen LogP contribution in [0.1, 0.15) is 5.56 Å². The van der Waals surface area contributed by atoms with Crippen LogP contribution in [0, 0.1) is 6.92 Å². The molecule has 6 heteroatoms. The van der Waals surface area contributed by atoms with Gasteiger partial charge < -0.3 is 14.5 Å². The third-order valence-electron chi connectivity index (χ3n) is 5.12. The van der Waals surface area contributed by atoms with Gasteiger partial charge in [0.05, 0.1) is 5.02 Å². The third-order valence-corrected chi connectivity index (χ3v) is 5.45. The molecule has 0 radical (unpaired) electrons. The van der Waals surface area contributed by atoms with Crippen LogP contribution in [-0.2, 0) is 4.79 Å². The van der Waals surface area contributed by atoms with Crippen LogP contribution in [0.3, 0.4) is 0 Å². The van der Waals surface area contributed by atoms with Gasteiger partial charge in [0.1, 0.15) is 11.3 Å². The van der Waals surface area contributed by atoms with Crippen molar-refractivity contribution < 1.29 is 9.53 Å². The van der Waals surface area contributed by atoms with E-state index in [2.05, 4.69) is 35.0 Å². The average Bonchev–Trinajstić information content (AvgIpc) is 2.74. The van der Waals surface area contributed by atoms with Crippen LogP contribution in [0.15, 0.2) is 54.7 Å². The lowest BCUT2D eigenvalue weighted by atomic mass is 10.1. The summed E-state index contributed by atoms with van der Waals surface area (Å²) in [5, 5.41) is 1.44. The lowest BCUT2D eigenvalue weighted by molar-refractivity contribution is -0.133. The van der Waals surface area contributed by atoms with Crippen molar-refractivity contribution in [2.45, 2.75) is 6.92 Å². The molecule has 0 saturated carbocycles. The highest BCUT2D eigenvalue weighted by Gasteiger charge is 2.22. The molecule has 2 aromatic carbocycles. The highest BCUT2D eigenvalue weighted by Crippen LogP contribution is 2.29. The van der Waals surface area contributed by atoms with Crippen LogP contribution in [0.2, 0.25) is 5.02 Å². The number of aryl methyl sites for hydroxylation is 1. The number of piperazine rings is 1. The fourth-order valence-corrected chi connectivity index (χ4v) is 3.79. The number of ether oxygens (including phenoxy) is 1. The summed E-state index contributed by atoms with van der Waals surface area (Å²) >= 11 is 6.21. The number of halogens is 1. The van der Waals surface area contributed by atoms with E-state index in [1.165, 1.54) is 11.3 Å². The Balaban J connectivity index is 1.37. The molecule has 1 fully saturated rings. The Hall–Kier alpha value is -2.79. The standard InChI is InChI=1S/C22H22ClN3O2/c1-16-5-2-3-7-19(16)25-11-13-26(14-12-25)21(27)15-28-20-9-8-18(23)17-6-4-10-24-22(17)20/h2-10H,11-15H2,1H3. The van der Waals surface area contributed by atoms with Crippen molar-refractivity contribution in [1.29, 1.82) is 0 Å². The minimum atomic E-state index is -0.0107. The van der Waals surface area contributed by atoms with E-state index in [1.807, 2.05) is 23.1 Å². The van der Waals surface area contributed by atoms with Crippen LogP contribution in [0.4, 0.5) is 5.69 Å². The molecule has 0 N–H and O–H groups in total. The summed E-state index contributed by atoms with van der Waals surface area (Å²) in [6.07, 6.45) is 1.69. The predicted molar refractivity (Wildman–Crippen MR) is 112 cm³/mol. The number of hydrogen-bond acceptors (Lipinski definition) is 4. The molecule has 2 heterocycles. The van der Waals surface area contributed by atoms with Crippen molar-refractivity contribution in [2.24, 2.45) is 0 Å². The van der Waals surface area contributed by atoms with E-state index in [9.17, 15) is 4.79 Å². The van der Waals surface area contributed by atoms with Crippen molar-refractivity contribution in [3.63, 3.8) is 0 Å². The third kappa shape index (κ3) is 3.76. The van der Waals surface area contributed by atoms with Crippen molar-refractivity contribution in [3.8, 4) is 5.75 Å². The van der Waals surface area contributed by atoms with Gasteiger partial charge in [0.2, 0.25) is 0 Å². The van der Waals surface area contributed by atoms with Gasteiger partial charge in [0.25, 0.3) is 5.91 Å². The van der Waals surface area contributed by atoms with E-state index in [0.29, 0.717) is 29.4 Å². The van der Waals surface area contributed by atoms with Crippen molar-refractivity contribution in [3.05, 3.63) is 65.3 Å². The minimum Gasteiger partial charge on any atom is -0.481 e. The summed E-state index contributed by atoms with van der Waals surface area (Å²) in [6, 6.07) is 15.6. The SMILES string of the molecule is Cc1ccccc1N1CCN(C(=O)COc2ccc(Cl)c3cccnc23)CC1. The molecule has 3 aromatic rings. The van der Waals surface area contributed by atoms with Gasteiger partial charge in [-0.15, -0.1) is 0 Å². The first kappa shape index (κ1) is 18.6. The lowest BCUT2D eigenvalue weighted by Crippen LogP contribution is -2.50. The van der Waals surface area contributed by atoms with Gasteiger partial charge in [0.15, 0.2) is 6.61 Å². The van der Waals surface area contributed by atoms with Crippen LogP contribution < -0.4 is 9.64 Å². The molecule has 1 amide bonds. The largest absolute Gasteiger partial charge is 0.481 e. The molecule has 0 spiro atoms. The number of carbonyl (C=O) groups excluding carboxylic acids is 1. The summed E-state index contributed by atoms with van der Waals surface area (Å²) in [5.74, 6) is 0.565. The molecule has 1 aliphatic heterocycles. The number of carbonyl (C=O) groups is 1. The smallest absolute Gasteiger partial charge is 0.260 e. The second kappa shape index (κ2) is 8.07. The molecule has 0 unspecified atom stereocenters. The second-order valence-corrected chi connectivity index (χ2v) is 7.30. The normalized spacial score (nSPS) is 14.4. The Kier molecular flexibility index (Phi) is 5.35. The molecular weight excluding hydrogens is 374 g/mol. The number of nitrogens with zero attached hydrogens (tertiary/aromatic N) is 3. The highest BCUT2D eigenvalue weighted by atomic mass is 35.5. The van der Waals surface area contributed by atoms with Gasteiger partial charge in [-0.05, 0) is 42.8 Å². The molecule has 1 aliphatic rings. The Morgan fingerprint density at radius 1 is 1.07 bits per heavy atom. The Bertz CT molecular complexity index is 1000. The number of para-hydroxylation sites is 1. The average molecular weight is 396 g/mol. The number of hydrogen-bond donors (Lipinski definition) is 0. The first-order valence-corrected chi connectivity index (χ1v) is 9.75. The second-order valence-electron chi connectivity index (χ2n) is 6.89. The monoisotopic (exact) mass is 395 g/mol. The van der Waals surface area contributed by atoms with E-state index >= 15 is 0 Å².